The van der Waals surface area contributed by atoms with Crippen molar-refractivity contribution in [1.82, 2.24) is 15.0 Å². The van der Waals surface area contributed by atoms with Gasteiger partial charge in [0.25, 0.3) is 0 Å². The van der Waals surface area contributed by atoms with E-state index in [1.54, 1.807) is 0 Å². The molecule has 10 heteroatoms. The lowest BCUT2D eigenvalue weighted by atomic mass is 10.6. The van der Waals surface area contributed by atoms with Crippen LogP contribution in [0.1, 0.15) is 18.6 Å². The second-order valence-electron chi connectivity index (χ2n) is 2.83. The molecule has 17 heavy (non-hydrogen) atoms. The number of anilines is 1. The molecule has 96 valence electrons. The molecule has 0 saturated carbocycles. The van der Waals surface area contributed by atoms with E-state index >= 15 is 0 Å². The van der Waals surface area contributed by atoms with Crippen LogP contribution in [0, 0.1) is 0 Å². The number of hydrogen-bond acceptors (Lipinski definition) is 4. The van der Waals surface area contributed by atoms with E-state index in [4.69, 9.17) is 0 Å². The van der Waals surface area contributed by atoms with Gasteiger partial charge in [-0.25, -0.2) is 4.98 Å². The zero-order valence-electron chi connectivity index (χ0n) is 8.32. The fraction of sp³-hybridized carbons (Fsp3) is 0.571. The maximum atomic E-state index is 4.31. The fourth-order valence-corrected chi connectivity index (χ4v) is 1.93. The van der Waals surface area contributed by atoms with Gasteiger partial charge < -0.3 is 5.32 Å². The monoisotopic (exact) mass is 620 g/mol. The summed E-state index contributed by atoms with van der Waals surface area (Å²) in [6, 6.07) is 0. The molecule has 0 radical (unpaired) electrons. The molecule has 0 aliphatic rings. The maximum absolute atomic E-state index is 4.31. The summed E-state index contributed by atoms with van der Waals surface area (Å²) in [4.78, 5) is 12.9. The molecule has 0 saturated heterocycles. The van der Waals surface area contributed by atoms with Crippen molar-refractivity contribution in [3.63, 3.8) is 0 Å². The predicted molar refractivity (Wildman–Crippen MR) is 90.9 cm³/mol. The average molecular weight is 626 g/mol. The molecule has 4 nitrogen and oxygen atoms in total. The Hall–Kier alpha value is 1.69. The number of aromatic nitrogens is 3. The lowest BCUT2D eigenvalue weighted by Crippen LogP contribution is -2.17. The van der Waals surface area contributed by atoms with Crippen LogP contribution in [0.15, 0.2) is 0 Å². The van der Waals surface area contributed by atoms with Crippen molar-refractivity contribution in [3.8, 4) is 0 Å². The molecule has 1 N–H and O–H groups in total. The third-order valence-corrected chi connectivity index (χ3v) is 3.61. The number of nitrogens with zero attached hydrogens (tertiary/aromatic N) is 3. The standard InChI is InChI=1S/C7H6Br6N4/c1-2-14-5-16-3(6(8,9)10)15-4(17-5)7(11,12)13/h2H2,1H3,(H,14,15,16,17). The summed E-state index contributed by atoms with van der Waals surface area (Å²) >= 11 is 20.3. The smallest absolute Gasteiger partial charge is 0.226 e. The van der Waals surface area contributed by atoms with Gasteiger partial charge in [0.1, 0.15) is 0 Å². The van der Waals surface area contributed by atoms with Crippen molar-refractivity contribution in [1.29, 1.82) is 0 Å². The first-order valence-electron chi connectivity index (χ1n) is 4.29. The van der Waals surface area contributed by atoms with Gasteiger partial charge in [-0.3, -0.25) is 0 Å². The number of rotatable bonds is 2. The minimum Gasteiger partial charge on any atom is -0.354 e. The highest BCUT2D eigenvalue weighted by molar-refractivity contribution is 9.39. The maximum Gasteiger partial charge on any atom is 0.226 e. The van der Waals surface area contributed by atoms with Crippen LogP contribution in [0.2, 0.25) is 0 Å². The molecule has 0 atom stereocenters. The lowest BCUT2D eigenvalue weighted by Gasteiger charge is -2.16. The van der Waals surface area contributed by atoms with Crippen molar-refractivity contribution >= 4 is 102 Å². The molecule has 0 amide bonds. The second-order valence-corrected chi connectivity index (χ2v) is 16.4. The van der Waals surface area contributed by atoms with Crippen LogP contribution >= 0.6 is 95.6 Å². The molecule has 1 aromatic rings. The Morgan fingerprint density at radius 1 is 0.882 bits per heavy atom. The molecule has 0 aliphatic heterocycles. The van der Waals surface area contributed by atoms with Crippen molar-refractivity contribution in [2.75, 3.05) is 11.9 Å². The number of nitrogens with one attached hydrogen (secondary N) is 1. The number of halogens is 6. The molecule has 1 heterocycles. The Morgan fingerprint density at radius 3 is 1.59 bits per heavy atom. The zero-order valence-corrected chi connectivity index (χ0v) is 17.8. The second kappa shape index (κ2) is 6.43. The first-order chi connectivity index (χ1) is 7.64. The van der Waals surface area contributed by atoms with Crippen molar-refractivity contribution in [3.05, 3.63) is 11.6 Å². The molecule has 0 aliphatic carbocycles. The Balaban J connectivity index is 3.29. The third kappa shape index (κ3) is 5.29. The summed E-state index contributed by atoms with van der Waals surface area (Å²) in [5, 5.41) is 3.05. The highest BCUT2D eigenvalue weighted by atomic mass is 80.0. The minimum absolute atomic E-state index is 0.498. The Bertz CT molecular complexity index is 366. The first kappa shape index (κ1) is 16.7. The quantitative estimate of drug-likeness (QED) is 0.476. The van der Waals surface area contributed by atoms with Gasteiger partial charge >= 0.3 is 0 Å². The molecule has 1 rings (SSSR count). The van der Waals surface area contributed by atoms with Gasteiger partial charge in [-0.15, -0.1) is 0 Å². The summed E-state index contributed by atoms with van der Waals surface area (Å²) in [6.45, 7) is 2.69. The highest BCUT2D eigenvalue weighted by Gasteiger charge is 2.31. The van der Waals surface area contributed by atoms with E-state index in [-0.39, 0.29) is 0 Å². The number of alkyl halides is 6. The molecular formula is C7H6Br6N4. The van der Waals surface area contributed by atoms with E-state index in [0.29, 0.717) is 17.6 Å². The van der Waals surface area contributed by atoms with E-state index in [0.717, 1.165) is 6.54 Å². The normalized spacial score (nSPS) is 12.6. The summed E-state index contributed by atoms with van der Waals surface area (Å²) in [6.07, 6.45) is 0. The summed E-state index contributed by atoms with van der Waals surface area (Å²) in [5.74, 6) is 1.50. The van der Waals surface area contributed by atoms with Gasteiger partial charge in [-0.1, -0.05) is 95.6 Å². The van der Waals surface area contributed by atoms with Gasteiger partial charge in [-0.2, -0.15) is 9.97 Å². The van der Waals surface area contributed by atoms with E-state index < -0.39 is 4.29 Å². The SMILES string of the molecule is CCNc1nc(C(Br)(Br)Br)nc(C(Br)(Br)Br)n1. The highest BCUT2D eigenvalue weighted by Crippen LogP contribution is 2.46. The molecule has 0 fully saturated rings. The molecule has 0 bridgehead atoms. The van der Waals surface area contributed by atoms with Crippen LogP contribution in [0.3, 0.4) is 0 Å². The van der Waals surface area contributed by atoms with E-state index in [1.165, 1.54) is 0 Å². The van der Waals surface area contributed by atoms with Gasteiger partial charge in [0.05, 0.1) is 0 Å². The van der Waals surface area contributed by atoms with Crippen molar-refractivity contribution in [2.24, 2.45) is 0 Å². The van der Waals surface area contributed by atoms with Crippen LogP contribution < -0.4 is 5.32 Å². The minimum atomic E-state index is -0.687. The van der Waals surface area contributed by atoms with E-state index in [1.807, 2.05) is 6.92 Å². The molecule has 1 aromatic heterocycles. The van der Waals surface area contributed by atoms with Crippen molar-refractivity contribution < 1.29 is 0 Å². The van der Waals surface area contributed by atoms with Gasteiger partial charge in [0.2, 0.25) is 5.95 Å². The molecular weight excluding hydrogens is 620 g/mol. The predicted octanol–water partition coefficient (Wildman–Crippen LogP) is 4.89. The molecule has 0 unspecified atom stereocenters. The topological polar surface area (TPSA) is 50.7 Å². The Kier molecular flexibility index (Phi) is 6.33. The van der Waals surface area contributed by atoms with Gasteiger partial charge in [0.15, 0.2) is 15.9 Å². The largest absolute Gasteiger partial charge is 0.354 e. The number of hydrogen-bond donors (Lipinski definition) is 1. The Morgan fingerprint density at radius 2 is 1.29 bits per heavy atom. The van der Waals surface area contributed by atoms with Gasteiger partial charge in [0, 0.05) is 6.54 Å². The summed E-state index contributed by atoms with van der Waals surface area (Å²) in [7, 11) is 0. The first-order valence-corrected chi connectivity index (χ1v) is 9.04. The molecule has 0 aromatic carbocycles. The van der Waals surface area contributed by atoms with Crippen LogP contribution in [0.4, 0.5) is 5.95 Å². The summed E-state index contributed by atoms with van der Waals surface area (Å²) < 4.78 is -1.37. The van der Waals surface area contributed by atoms with E-state index in [9.17, 15) is 0 Å². The summed E-state index contributed by atoms with van der Waals surface area (Å²) in [5.41, 5.74) is 0. The zero-order chi connectivity index (χ0) is 13.3. The van der Waals surface area contributed by atoms with Crippen LogP contribution in [0.5, 0.6) is 0 Å². The fourth-order valence-electron chi connectivity index (χ4n) is 0.867. The molecule has 0 spiro atoms. The van der Waals surface area contributed by atoms with Crippen LogP contribution in [-0.4, -0.2) is 21.5 Å². The van der Waals surface area contributed by atoms with Gasteiger partial charge in [-0.05, 0) is 6.92 Å². The third-order valence-electron chi connectivity index (χ3n) is 1.48. The Labute approximate surface area is 149 Å². The van der Waals surface area contributed by atoms with Crippen LogP contribution in [-0.2, 0) is 4.29 Å². The van der Waals surface area contributed by atoms with Crippen LogP contribution in [0.25, 0.3) is 0 Å². The lowest BCUT2D eigenvalue weighted by molar-refractivity contribution is 0.882. The average Bonchev–Trinajstić information content (AvgIpc) is 2.15. The van der Waals surface area contributed by atoms with Crippen molar-refractivity contribution in [2.45, 2.75) is 11.2 Å². The van der Waals surface area contributed by atoms with E-state index in [2.05, 4.69) is 116 Å².